The first-order valence-corrected chi connectivity index (χ1v) is 10.4. The van der Waals surface area contributed by atoms with E-state index in [9.17, 15) is 0 Å². The Labute approximate surface area is 173 Å². The van der Waals surface area contributed by atoms with Gasteiger partial charge in [-0.05, 0) is 74.8 Å². The fourth-order valence-electron chi connectivity index (χ4n) is 3.77. The van der Waals surface area contributed by atoms with Crippen LogP contribution in [0.4, 0.5) is 0 Å². The van der Waals surface area contributed by atoms with Crippen molar-refractivity contribution in [2.45, 2.75) is 26.8 Å². The number of nitrogens with one attached hydrogen (secondary N) is 1. The van der Waals surface area contributed by atoms with Gasteiger partial charge in [0.2, 0.25) is 0 Å². The lowest BCUT2D eigenvalue weighted by Crippen LogP contribution is -2.28. The summed E-state index contributed by atoms with van der Waals surface area (Å²) in [6.07, 6.45) is 3.38. The Hall–Kier alpha value is -2.63. The number of fused-ring (bicyclic) bond motifs is 1. The van der Waals surface area contributed by atoms with Gasteiger partial charge in [0, 0.05) is 31.4 Å². The molecule has 152 valence electrons. The van der Waals surface area contributed by atoms with Crippen molar-refractivity contribution in [1.82, 2.24) is 19.6 Å². The van der Waals surface area contributed by atoms with Gasteiger partial charge in [-0.3, -0.25) is 4.90 Å². The van der Waals surface area contributed by atoms with Crippen LogP contribution in [0.25, 0.3) is 16.9 Å². The summed E-state index contributed by atoms with van der Waals surface area (Å²) in [5.41, 5.74) is 6.68. The number of benzene rings is 1. The fourth-order valence-corrected chi connectivity index (χ4v) is 3.77. The molecule has 0 unspecified atom stereocenters. The number of imidazole rings is 1. The Balaban J connectivity index is 1.68. The molecular formula is C24H30N4O. The maximum Gasteiger partial charge on any atom is 0.137 e. The molecule has 3 aromatic rings. The molecule has 1 saturated heterocycles. The zero-order valence-corrected chi connectivity index (χ0v) is 17.4. The zero-order valence-electron chi connectivity index (χ0n) is 17.4. The molecule has 1 aliphatic heterocycles. The minimum Gasteiger partial charge on any atom is -0.489 e. The highest BCUT2D eigenvalue weighted by molar-refractivity contribution is 5.67. The summed E-state index contributed by atoms with van der Waals surface area (Å²) in [7, 11) is 0. The molecule has 2 aromatic heterocycles. The third-order valence-electron chi connectivity index (χ3n) is 5.28. The number of aryl methyl sites for hydroxylation is 1. The summed E-state index contributed by atoms with van der Waals surface area (Å²) < 4.78 is 8.02. The van der Waals surface area contributed by atoms with Gasteiger partial charge < -0.3 is 14.5 Å². The maximum atomic E-state index is 5.76. The molecular weight excluding hydrogens is 360 g/mol. The van der Waals surface area contributed by atoms with Crippen LogP contribution in [0.1, 0.15) is 24.6 Å². The lowest BCUT2D eigenvalue weighted by Gasteiger charge is -2.20. The van der Waals surface area contributed by atoms with Gasteiger partial charge in [-0.15, -0.1) is 0 Å². The molecule has 5 heteroatoms. The van der Waals surface area contributed by atoms with E-state index >= 15 is 0 Å². The first-order valence-electron chi connectivity index (χ1n) is 10.4. The lowest BCUT2D eigenvalue weighted by atomic mass is 10.1. The Morgan fingerprint density at radius 1 is 1.14 bits per heavy atom. The molecule has 0 atom stereocenters. The quantitative estimate of drug-likeness (QED) is 0.645. The number of nitrogens with zero attached hydrogens (tertiary/aromatic N) is 3. The summed E-state index contributed by atoms with van der Waals surface area (Å²) in [4.78, 5) is 7.51. The van der Waals surface area contributed by atoms with Gasteiger partial charge in [0.1, 0.15) is 18.0 Å². The van der Waals surface area contributed by atoms with Crippen molar-refractivity contribution in [2.24, 2.45) is 0 Å². The van der Waals surface area contributed by atoms with Crippen LogP contribution in [-0.2, 0) is 6.54 Å². The predicted octanol–water partition coefficient (Wildman–Crippen LogP) is 4.06. The van der Waals surface area contributed by atoms with Gasteiger partial charge in [0.25, 0.3) is 0 Å². The molecule has 0 spiro atoms. The molecule has 1 aromatic carbocycles. The van der Waals surface area contributed by atoms with Crippen LogP contribution < -0.4 is 10.1 Å². The van der Waals surface area contributed by atoms with Gasteiger partial charge in [-0.1, -0.05) is 12.6 Å². The highest BCUT2D eigenvalue weighted by Crippen LogP contribution is 2.28. The summed E-state index contributed by atoms with van der Waals surface area (Å²) in [6, 6.07) is 12.5. The number of ether oxygens (including phenoxy) is 1. The first-order chi connectivity index (χ1) is 14.1. The van der Waals surface area contributed by atoms with E-state index in [1.165, 1.54) is 17.7 Å². The Morgan fingerprint density at radius 2 is 1.97 bits per heavy atom. The molecule has 5 nitrogen and oxygen atoms in total. The topological polar surface area (TPSA) is 41.8 Å². The monoisotopic (exact) mass is 390 g/mol. The molecule has 4 rings (SSSR count). The molecule has 1 N–H and O–H groups in total. The van der Waals surface area contributed by atoms with Gasteiger partial charge in [0.15, 0.2) is 0 Å². The highest BCUT2D eigenvalue weighted by atomic mass is 16.5. The third kappa shape index (κ3) is 4.69. The molecule has 0 amide bonds. The smallest absolute Gasteiger partial charge is 0.137 e. The normalized spacial score (nSPS) is 15.4. The molecule has 3 heterocycles. The minimum absolute atomic E-state index is 0.543. The zero-order chi connectivity index (χ0) is 20.2. The average molecular weight is 391 g/mol. The largest absolute Gasteiger partial charge is 0.489 e. The fraction of sp³-hybridized carbons (Fsp3) is 0.375. The SMILES string of the molecule is C=C(C)COc1ccc(-c2nc3ccc(C)cn3c2CN2CCCNCC2)cc1. The van der Waals surface area contributed by atoms with Gasteiger partial charge in [-0.25, -0.2) is 4.98 Å². The second-order valence-electron chi connectivity index (χ2n) is 7.99. The molecule has 0 saturated carbocycles. The summed E-state index contributed by atoms with van der Waals surface area (Å²) >= 11 is 0. The molecule has 1 aliphatic rings. The van der Waals surface area contributed by atoms with Crippen molar-refractivity contribution in [2.75, 3.05) is 32.8 Å². The predicted molar refractivity (Wildman–Crippen MR) is 118 cm³/mol. The van der Waals surface area contributed by atoms with Crippen LogP contribution in [0, 0.1) is 6.92 Å². The van der Waals surface area contributed by atoms with Crippen molar-refractivity contribution < 1.29 is 4.74 Å². The van der Waals surface area contributed by atoms with E-state index in [2.05, 4.69) is 58.6 Å². The molecule has 0 aliphatic carbocycles. The van der Waals surface area contributed by atoms with Crippen LogP contribution in [0.15, 0.2) is 54.7 Å². The van der Waals surface area contributed by atoms with E-state index < -0.39 is 0 Å². The van der Waals surface area contributed by atoms with Crippen molar-refractivity contribution in [3.8, 4) is 17.0 Å². The molecule has 1 fully saturated rings. The number of hydrogen-bond donors (Lipinski definition) is 1. The van der Waals surface area contributed by atoms with E-state index in [0.717, 1.165) is 61.0 Å². The van der Waals surface area contributed by atoms with Gasteiger partial charge >= 0.3 is 0 Å². The second kappa shape index (κ2) is 8.80. The van der Waals surface area contributed by atoms with E-state index in [1.807, 2.05) is 19.1 Å². The highest BCUT2D eigenvalue weighted by Gasteiger charge is 2.18. The maximum absolute atomic E-state index is 5.76. The molecule has 0 radical (unpaired) electrons. The van der Waals surface area contributed by atoms with E-state index in [1.54, 1.807) is 0 Å². The van der Waals surface area contributed by atoms with Crippen molar-refractivity contribution in [3.05, 3.63) is 66.0 Å². The van der Waals surface area contributed by atoms with E-state index in [4.69, 9.17) is 9.72 Å². The van der Waals surface area contributed by atoms with Crippen LogP contribution >= 0.6 is 0 Å². The third-order valence-corrected chi connectivity index (χ3v) is 5.28. The van der Waals surface area contributed by atoms with Gasteiger partial charge in [0.05, 0.1) is 11.4 Å². The van der Waals surface area contributed by atoms with Crippen molar-refractivity contribution in [3.63, 3.8) is 0 Å². The summed E-state index contributed by atoms with van der Waals surface area (Å²) in [5, 5.41) is 3.49. The Morgan fingerprint density at radius 3 is 2.76 bits per heavy atom. The number of pyridine rings is 1. The number of aromatic nitrogens is 2. The molecule has 0 bridgehead atoms. The lowest BCUT2D eigenvalue weighted by molar-refractivity contribution is 0.281. The summed E-state index contributed by atoms with van der Waals surface area (Å²) in [6.45, 7) is 13.7. The van der Waals surface area contributed by atoms with Crippen LogP contribution in [0.3, 0.4) is 0 Å². The number of rotatable bonds is 6. The van der Waals surface area contributed by atoms with Crippen molar-refractivity contribution >= 4 is 5.65 Å². The summed E-state index contributed by atoms with van der Waals surface area (Å²) in [5.74, 6) is 0.858. The average Bonchev–Trinajstić information content (AvgIpc) is 2.88. The Kier molecular flexibility index (Phi) is 5.97. The van der Waals surface area contributed by atoms with Gasteiger partial charge in [-0.2, -0.15) is 0 Å². The first kappa shape index (κ1) is 19.7. The van der Waals surface area contributed by atoms with Crippen LogP contribution in [-0.4, -0.2) is 47.1 Å². The van der Waals surface area contributed by atoms with E-state index in [0.29, 0.717) is 6.61 Å². The van der Waals surface area contributed by atoms with Crippen LogP contribution in [0.5, 0.6) is 5.75 Å². The number of hydrogen-bond acceptors (Lipinski definition) is 4. The standard InChI is InChI=1S/C24H30N4O/c1-18(2)17-29-21-8-6-20(7-9-21)24-22(16-27-13-4-11-25-12-14-27)28-15-19(3)5-10-23(28)26-24/h5-10,15,25H,1,4,11-14,16-17H2,2-3H3. The minimum atomic E-state index is 0.543. The van der Waals surface area contributed by atoms with Crippen molar-refractivity contribution in [1.29, 1.82) is 0 Å². The van der Waals surface area contributed by atoms with Crippen LogP contribution in [0.2, 0.25) is 0 Å². The second-order valence-corrected chi connectivity index (χ2v) is 7.99. The van der Waals surface area contributed by atoms with E-state index in [-0.39, 0.29) is 0 Å². The Bertz CT molecular complexity index is 982. The molecule has 29 heavy (non-hydrogen) atoms.